The average Bonchev–Trinajstić information content (AvgIpc) is 3.37. The monoisotopic (exact) mass is 376 g/mol. The molecule has 134 valence electrons. The third-order valence-electron chi connectivity index (χ3n) is 4.15. The Kier molecular flexibility index (Phi) is 4.52. The molecule has 0 aliphatic carbocycles. The Morgan fingerprint density at radius 1 is 1.15 bits per heavy atom. The summed E-state index contributed by atoms with van der Waals surface area (Å²) in [7, 11) is 0. The molecule has 1 aromatic carbocycles. The van der Waals surface area contributed by atoms with E-state index in [4.69, 9.17) is 0 Å². The lowest BCUT2D eigenvalue weighted by Gasteiger charge is -2.08. The molecule has 1 amide bonds. The fourth-order valence-corrected chi connectivity index (χ4v) is 3.49. The highest BCUT2D eigenvalue weighted by atomic mass is 32.1. The predicted octanol–water partition coefficient (Wildman–Crippen LogP) is 4.04. The van der Waals surface area contributed by atoms with Gasteiger partial charge in [0.1, 0.15) is 6.33 Å². The zero-order valence-corrected chi connectivity index (χ0v) is 15.4. The summed E-state index contributed by atoms with van der Waals surface area (Å²) in [4.78, 5) is 33.6. The van der Waals surface area contributed by atoms with Crippen LogP contribution in [0.2, 0.25) is 0 Å². The SMILES string of the molecule is CCC(=O)Nc1cccc(-c2ccnc3c(C(=O)c4cccs4)ncn23)c1. The number of hydrogen-bond donors (Lipinski definition) is 1. The van der Waals surface area contributed by atoms with Crippen molar-refractivity contribution < 1.29 is 9.59 Å². The van der Waals surface area contributed by atoms with Gasteiger partial charge in [-0.2, -0.15) is 0 Å². The zero-order chi connectivity index (χ0) is 18.8. The quantitative estimate of drug-likeness (QED) is 0.534. The van der Waals surface area contributed by atoms with Crippen molar-refractivity contribution in [2.75, 3.05) is 5.32 Å². The fourth-order valence-electron chi connectivity index (χ4n) is 2.83. The van der Waals surface area contributed by atoms with Crippen LogP contribution in [0, 0.1) is 0 Å². The number of nitrogens with zero attached hydrogens (tertiary/aromatic N) is 3. The van der Waals surface area contributed by atoms with Gasteiger partial charge in [0.05, 0.1) is 10.6 Å². The molecule has 0 unspecified atom stereocenters. The molecule has 0 bridgehead atoms. The Morgan fingerprint density at radius 2 is 2.04 bits per heavy atom. The van der Waals surface area contributed by atoms with Gasteiger partial charge in [0.2, 0.25) is 11.7 Å². The van der Waals surface area contributed by atoms with Crippen molar-refractivity contribution in [2.24, 2.45) is 0 Å². The minimum absolute atomic E-state index is 0.0431. The summed E-state index contributed by atoms with van der Waals surface area (Å²) < 4.78 is 1.79. The van der Waals surface area contributed by atoms with Gasteiger partial charge in [-0.25, -0.2) is 9.97 Å². The Balaban J connectivity index is 1.77. The maximum absolute atomic E-state index is 12.7. The van der Waals surface area contributed by atoms with Crippen LogP contribution < -0.4 is 5.32 Å². The molecule has 0 fully saturated rings. The summed E-state index contributed by atoms with van der Waals surface area (Å²) in [5, 5.41) is 4.72. The molecule has 0 atom stereocenters. The average molecular weight is 376 g/mol. The van der Waals surface area contributed by atoms with Crippen molar-refractivity contribution in [1.29, 1.82) is 0 Å². The maximum atomic E-state index is 12.7. The molecular weight excluding hydrogens is 360 g/mol. The number of carbonyl (C=O) groups is 2. The molecule has 0 aliphatic rings. The van der Waals surface area contributed by atoms with Crippen LogP contribution >= 0.6 is 11.3 Å². The van der Waals surface area contributed by atoms with E-state index < -0.39 is 0 Å². The second kappa shape index (κ2) is 7.13. The Morgan fingerprint density at radius 3 is 2.81 bits per heavy atom. The van der Waals surface area contributed by atoms with Gasteiger partial charge < -0.3 is 5.32 Å². The first-order chi connectivity index (χ1) is 13.2. The van der Waals surface area contributed by atoms with E-state index in [2.05, 4.69) is 15.3 Å². The lowest BCUT2D eigenvalue weighted by Crippen LogP contribution is -2.09. The van der Waals surface area contributed by atoms with E-state index >= 15 is 0 Å². The Hall–Kier alpha value is -3.32. The largest absolute Gasteiger partial charge is 0.326 e. The van der Waals surface area contributed by atoms with E-state index in [0.717, 1.165) is 16.9 Å². The first kappa shape index (κ1) is 17.1. The number of amides is 1. The van der Waals surface area contributed by atoms with Gasteiger partial charge in [-0.1, -0.05) is 25.1 Å². The van der Waals surface area contributed by atoms with Gasteiger partial charge in [0.25, 0.3) is 0 Å². The highest BCUT2D eigenvalue weighted by Gasteiger charge is 2.19. The Labute approximate surface area is 159 Å². The van der Waals surface area contributed by atoms with Crippen molar-refractivity contribution in [3.8, 4) is 11.3 Å². The van der Waals surface area contributed by atoms with E-state index in [1.54, 1.807) is 23.0 Å². The molecule has 1 N–H and O–H groups in total. The minimum Gasteiger partial charge on any atom is -0.326 e. The number of carbonyl (C=O) groups excluding carboxylic acids is 2. The topological polar surface area (TPSA) is 76.4 Å². The van der Waals surface area contributed by atoms with E-state index in [0.29, 0.717) is 22.6 Å². The lowest BCUT2D eigenvalue weighted by molar-refractivity contribution is -0.115. The van der Waals surface area contributed by atoms with Crippen molar-refractivity contribution >= 4 is 34.4 Å². The minimum atomic E-state index is -0.138. The number of thiophene rings is 1. The molecular formula is C20H16N4O2S. The number of aromatic nitrogens is 3. The standard InChI is InChI=1S/C20H16N4O2S/c1-2-17(25)23-14-6-3-5-13(11-14)15-8-9-21-20-18(22-12-24(15)20)19(26)16-7-4-10-27-16/h3-12H,2H2,1H3,(H,23,25). The predicted molar refractivity (Wildman–Crippen MR) is 105 cm³/mol. The zero-order valence-electron chi connectivity index (χ0n) is 14.5. The van der Waals surface area contributed by atoms with Gasteiger partial charge in [0, 0.05) is 23.9 Å². The van der Waals surface area contributed by atoms with Crippen molar-refractivity contribution in [2.45, 2.75) is 13.3 Å². The van der Waals surface area contributed by atoms with Crippen LogP contribution in [0.5, 0.6) is 0 Å². The van der Waals surface area contributed by atoms with E-state index in [-0.39, 0.29) is 11.7 Å². The molecule has 0 saturated carbocycles. The maximum Gasteiger partial charge on any atom is 0.225 e. The molecule has 0 aliphatic heterocycles. The van der Waals surface area contributed by atoms with E-state index in [1.165, 1.54) is 11.3 Å². The third kappa shape index (κ3) is 3.24. The van der Waals surface area contributed by atoms with Gasteiger partial charge in [0.15, 0.2) is 11.3 Å². The first-order valence-electron chi connectivity index (χ1n) is 8.48. The van der Waals surface area contributed by atoms with Crippen LogP contribution in [-0.4, -0.2) is 26.1 Å². The van der Waals surface area contributed by atoms with Crippen molar-refractivity contribution in [3.05, 3.63) is 70.9 Å². The van der Waals surface area contributed by atoms with E-state index in [9.17, 15) is 9.59 Å². The number of hydrogen-bond acceptors (Lipinski definition) is 5. The Bertz CT molecular complexity index is 1130. The van der Waals surface area contributed by atoms with E-state index in [1.807, 2.05) is 48.7 Å². The molecule has 0 spiro atoms. The molecule has 3 aromatic heterocycles. The number of anilines is 1. The molecule has 6 nitrogen and oxygen atoms in total. The summed E-state index contributed by atoms with van der Waals surface area (Å²) in [6, 6.07) is 13.0. The molecule has 27 heavy (non-hydrogen) atoms. The summed E-state index contributed by atoms with van der Waals surface area (Å²) >= 11 is 1.38. The number of nitrogens with one attached hydrogen (secondary N) is 1. The van der Waals surface area contributed by atoms with Crippen LogP contribution in [0.1, 0.15) is 28.7 Å². The second-order valence-electron chi connectivity index (χ2n) is 5.91. The number of fused-ring (bicyclic) bond motifs is 1. The summed E-state index contributed by atoms with van der Waals surface area (Å²) in [5.74, 6) is -0.181. The molecule has 4 aromatic rings. The molecule has 0 radical (unpaired) electrons. The number of ketones is 1. The van der Waals surface area contributed by atoms with Crippen molar-refractivity contribution in [3.63, 3.8) is 0 Å². The first-order valence-corrected chi connectivity index (χ1v) is 9.36. The van der Waals surface area contributed by atoms with Crippen LogP contribution in [0.15, 0.2) is 60.4 Å². The summed E-state index contributed by atoms with van der Waals surface area (Å²) in [6.07, 6.45) is 3.68. The van der Waals surface area contributed by atoms with Gasteiger partial charge in [-0.3, -0.25) is 14.0 Å². The smallest absolute Gasteiger partial charge is 0.225 e. The van der Waals surface area contributed by atoms with Crippen LogP contribution in [0.3, 0.4) is 0 Å². The van der Waals surface area contributed by atoms with Crippen molar-refractivity contribution in [1.82, 2.24) is 14.4 Å². The summed E-state index contributed by atoms with van der Waals surface area (Å²) in [5.41, 5.74) is 3.29. The van der Waals surface area contributed by atoms with Crippen LogP contribution in [-0.2, 0) is 4.79 Å². The molecule has 3 heterocycles. The van der Waals surface area contributed by atoms with Crippen LogP contribution in [0.25, 0.3) is 16.9 Å². The summed E-state index contributed by atoms with van der Waals surface area (Å²) in [6.45, 7) is 1.81. The van der Waals surface area contributed by atoms with Gasteiger partial charge >= 0.3 is 0 Å². The number of rotatable bonds is 5. The van der Waals surface area contributed by atoms with Gasteiger partial charge in [-0.05, 0) is 29.6 Å². The fraction of sp³-hybridized carbons (Fsp3) is 0.100. The highest BCUT2D eigenvalue weighted by Crippen LogP contribution is 2.25. The van der Waals surface area contributed by atoms with Crippen LogP contribution in [0.4, 0.5) is 5.69 Å². The molecule has 4 rings (SSSR count). The third-order valence-corrected chi connectivity index (χ3v) is 5.02. The molecule has 0 saturated heterocycles. The normalized spacial score (nSPS) is 10.9. The highest BCUT2D eigenvalue weighted by molar-refractivity contribution is 7.12. The number of benzene rings is 1. The second-order valence-corrected chi connectivity index (χ2v) is 6.85. The van der Waals surface area contributed by atoms with Gasteiger partial charge in [-0.15, -0.1) is 11.3 Å². The molecule has 7 heteroatoms. The number of imidazole rings is 1. The lowest BCUT2D eigenvalue weighted by atomic mass is 10.1.